The van der Waals surface area contributed by atoms with E-state index >= 15 is 0 Å². The summed E-state index contributed by atoms with van der Waals surface area (Å²) in [5.74, 6) is -0.298. The first-order chi connectivity index (χ1) is 8.23. The molecule has 1 atom stereocenters. The average molecular weight is 258 g/mol. The van der Waals surface area contributed by atoms with Crippen LogP contribution in [0.1, 0.15) is 34.6 Å². The Morgan fingerprint density at radius 2 is 1.67 bits per heavy atom. The summed E-state index contributed by atoms with van der Waals surface area (Å²) in [6.07, 6.45) is 0. The quantitative estimate of drug-likeness (QED) is 0.686. The van der Waals surface area contributed by atoms with Crippen LogP contribution in [0.25, 0.3) is 0 Å². The van der Waals surface area contributed by atoms with Crippen molar-refractivity contribution in [2.75, 3.05) is 19.6 Å². The van der Waals surface area contributed by atoms with E-state index in [2.05, 4.69) is 5.32 Å². The molecule has 0 rings (SSSR count). The van der Waals surface area contributed by atoms with Crippen molar-refractivity contribution >= 4 is 11.9 Å². The second-order valence-electron chi connectivity index (χ2n) is 5.53. The molecule has 0 heterocycles. The highest BCUT2D eigenvalue weighted by atomic mass is 16.4. The Morgan fingerprint density at radius 3 is 2.06 bits per heavy atom. The summed E-state index contributed by atoms with van der Waals surface area (Å²) in [5.41, 5.74) is 0. The molecule has 2 N–H and O–H groups in total. The summed E-state index contributed by atoms with van der Waals surface area (Å²) in [4.78, 5) is 24.4. The van der Waals surface area contributed by atoms with E-state index in [9.17, 15) is 9.59 Å². The number of nitrogens with zero attached hydrogens (tertiary/aromatic N) is 1. The highest BCUT2D eigenvalue weighted by molar-refractivity contribution is 5.82. The first kappa shape index (κ1) is 16.9. The van der Waals surface area contributed by atoms with Crippen molar-refractivity contribution in [3.63, 3.8) is 0 Å². The van der Waals surface area contributed by atoms with Gasteiger partial charge in [-0.3, -0.25) is 14.5 Å². The van der Waals surface area contributed by atoms with Crippen molar-refractivity contribution < 1.29 is 14.7 Å². The van der Waals surface area contributed by atoms with Crippen molar-refractivity contribution in [1.29, 1.82) is 0 Å². The van der Waals surface area contributed by atoms with Crippen LogP contribution in [0.2, 0.25) is 0 Å². The monoisotopic (exact) mass is 258 g/mol. The first-order valence-electron chi connectivity index (χ1n) is 6.47. The minimum atomic E-state index is -0.904. The summed E-state index contributed by atoms with van der Waals surface area (Å²) < 4.78 is 0. The second-order valence-corrected chi connectivity index (χ2v) is 5.53. The Kier molecular flexibility index (Phi) is 7.59. The Labute approximate surface area is 110 Å². The molecule has 0 bridgehead atoms. The summed E-state index contributed by atoms with van der Waals surface area (Å²) in [5, 5.41) is 11.7. The molecule has 0 fully saturated rings. The summed E-state index contributed by atoms with van der Waals surface area (Å²) in [7, 11) is 0. The van der Waals surface area contributed by atoms with Crippen LogP contribution in [-0.4, -0.2) is 47.6 Å². The normalized spacial score (nSPS) is 13.1. The number of aliphatic carboxylic acids is 1. The van der Waals surface area contributed by atoms with E-state index < -0.39 is 12.0 Å². The molecule has 5 heteroatoms. The van der Waals surface area contributed by atoms with Gasteiger partial charge in [0.05, 0.1) is 12.6 Å². The third-order valence-electron chi connectivity index (χ3n) is 2.55. The van der Waals surface area contributed by atoms with Gasteiger partial charge in [0, 0.05) is 13.1 Å². The van der Waals surface area contributed by atoms with Crippen molar-refractivity contribution in [3.8, 4) is 0 Å². The lowest BCUT2D eigenvalue weighted by atomic mass is 10.1. The fraction of sp³-hybridized carbons (Fsp3) is 0.846. The Bertz CT molecular complexity index is 277. The summed E-state index contributed by atoms with van der Waals surface area (Å²) in [6.45, 7) is 10.9. The Balaban J connectivity index is 4.47. The zero-order valence-electron chi connectivity index (χ0n) is 12.1. The molecule has 0 aromatic carbocycles. The van der Waals surface area contributed by atoms with Gasteiger partial charge < -0.3 is 10.4 Å². The van der Waals surface area contributed by atoms with Gasteiger partial charge in [0.2, 0.25) is 5.91 Å². The van der Waals surface area contributed by atoms with Crippen LogP contribution < -0.4 is 5.32 Å². The molecule has 0 aromatic rings. The van der Waals surface area contributed by atoms with E-state index in [0.29, 0.717) is 24.9 Å². The maximum Gasteiger partial charge on any atom is 0.317 e. The van der Waals surface area contributed by atoms with Crippen LogP contribution in [0, 0.1) is 11.8 Å². The zero-order valence-corrected chi connectivity index (χ0v) is 12.1. The van der Waals surface area contributed by atoms with E-state index in [0.717, 1.165) is 0 Å². The number of carboxylic acid groups (broad SMARTS) is 1. The van der Waals surface area contributed by atoms with Gasteiger partial charge in [0.1, 0.15) is 0 Å². The molecule has 0 aromatic heterocycles. The maximum absolute atomic E-state index is 11.9. The fourth-order valence-electron chi connectivity index (χ4n) is 1.62. The molecule has 5 nitrogen and oxygen atoms in total. The van der Waals surface area contributed by atoms with Gasteiger partial charge in [-0.05, 0) is 18.8 Å². The predicted molar refractivity (Wildman–Crippen MR) is 71.4 cm³/mol. The minimum Gasteiger partial charge on any atom is -0.480 e. The number of hydrogen-bond donors (Lipinski definition) is 2. The molecule has 0 radical (unpaired) electrons. The SMILES string of the molecule is CC(C)CNC(=O)C(C)N(CC(=O)O)CC(C)C. The molecule has 0 aliphatic carbocycles. The van der Waals surface area contributed by atoms with Crippen molar-refractivity contribution in [3.05, 3.63) is 0 Å². The Hall–Kier alpha value is -1.10. The van der Waals surface area contributed by atoms with Crippen LogP contribution in [0.15, 0.2) is 0 Å². The van der Waals surface area contributed by atoms with E-state index in [4.69, 9.17) is 5.11 Å². The van der Waals surface area contributed by atoms with E-state index in [1.165, 1.54) is 0 Å². The molecule has 0 saturated heterocycles. The number of carbonyl (C=O) groups excluding carboxylic acids is 1. The molecular formula is C13H26N2O3. The summed E-state index contributed by atoms with van der Waals surface area (Å²) in [6, 6.07) is -0.415. The number of carboxylic acids is 1. The highest BCUT2D eigenvalue weighted by Crippen LogP contribution is 2.05. The smallest absolute Gasteiger partial charge is 0.317 e. The molecule has 0 aliphatic heterocycles. The minimum absolute atomic E-state index is 0.103. The number of rotatable bonds is 8. The van der Waals surface area contributed by atoms with E-state index in [-0.39, 0.29) is 12.5 Å². The van der Waals surface area contributed by atoms with E-state index in [1.54, 1.807) is 11.8 Å². The molecule has 1 unspecified atom stereocenters. The van der Waals surface area contributed by atoms with Crippen LogP contribution in [0.4, 0.5) is 0 Å². The van der Waals surface area contributed by atoms with Crippen molar-refractivity contribution in [2.45, 2.75) is 40.7 Å². The highest BCUT2D eigenvalue weighted by Gasteiger charge is 2.23. The lowest BCUT2D eigenvalue weighted by molar-refractivity contribution is -0.140. The van der Waals surface area contributed by atoms with Gasteiger partial charge in [0.15, 0.2) is 0 Å². The van der Waals surface area contributed by atoms with E-state index in [1.807, 2.05) is 27.7 Å². The fourth-order valence-corrected chi connectivity index (χ4v) is 1.62. The van der Waals surface area contributed by atoms with Gasteiger partial charge >= 0.3 is 5.97 Å². The lowest BCUT2D eigenvalue weighted by Gasteiger charge is -2.28. The largest absolute Gasteiger partial charge is 0.480 e. The van der Waals surface area contributed by atoms with Gasteiger partial charge in [-0.15, -0.1) is 0 Å². The number of carbonyl (C=O) groups is 2. The van der Waals surface area contributed by atoms with Crippen molar-refractivity contribution in [2.24, 2.45) is 11.8 Å². The van der Waals surface area contributed by atoms with Gasteiger partial charge in [0.25, 0.3) is 0 Å². The first-order valence-corrected chi connectivity index (χ1v) is 6.47. The third kappa shape index (κ3) is 7.27. The molecule has 106 valence electrons. The number of hydrogen-bond acceptors (Lipinski definition) is 3. The van der Waals surface area contributed by atoms with Crippen LogP contribution >= 0.6 is 0 Å². The zero-order chi connectivity index (χ0) is 14.3. The molecule has 0 aliphatic rings. The van der Waals surface area contributed by atoms with Gasteiger partial charge in [-0.2, -0.15) is 0 Å². The average Bonchev–Trinajstić information content (AvgIpc) is 2.22. The molecule has 0 saturated carbocycles. The van der Waals surface area contributed by atoms with Crippen LogP contribution in [0.3, 0.4) is 0 Å². The standard InChI is InChI=1S/C13H26N2O3/c1-9(2)6-14-13(18)11(5)15(7-10(3)4)8-12(16)17/h9-11H,6-8H2,1-5H3,(H,14,18)(H,16,17). The van der Waals surface area contributed by atoms with Gasteiger partial charge in [-0.1, -0.05) is 27.7 Å². The topological polar surface area (TPSA) is 69.6 Å². The van der Waals surface area contributed by atoms with Gasteiger partial charge in [-0.25, -0.2) is 0 Å². The molecule has 18 heavy (non-hydrogen) atoms. The predicted octanol–water partition coefficient (Wildman–Crippen LogP) is 1.19. The third-order valence-corrected chi connectivity index (χ3v) is 2.55. The molecular weight excluding hydrogens is 232 g/mol. The van der Waals surface area contributed by atoms with Crippen LogP contribution in [0.5, 0.6) is 0 Å². The number of amides is 1. The van der Waals surface area contributed by atoms with Crippen molar-refractivity contribution in [1.82, 2.24) is 10.2 Å². The number of nitrogens with one attached hydrogen (secondary N) is 1. The molecule has 0 spiro atoms. The molecule has 1 amide bonds. The van der Waals surface area contributed by atoms with Crippen LogP contribution in [-0.2, 0) is 9.59 Å². The lowest BCUT2D eigenvalue weighted by Crippen LogP contribution is -2.48. The Morgan fingerprint density at radius 1 is 1.11 bits per heavy atom. The summed E-state index contributed by atoms with van der Waals surface area (Å²) >= 11 is 0. The second kappa shape index (κ2) is 8.08. The maximum atomic E-state index is 11.9.